The largest absolute Gasteiger partial charge is 0.236 e. The first-order valence-electron chi connectivity index (χ1n) is 7.73. The molecule has 0 spiro atoms. The lowest BCUT2D eigenvalue weighted by molar-refractivity contribution is 1.05. The second-order valence-electron chi connectivity index (χ2n) is 3.82. The Morgan fingerprint density at radius 3 is 1.55 bits per heavy atom. The molecular weight excluding hydrogens is 244 g/mol. The summed E-state index contributed by atoms with van der Waals surface area (Å²) < 4.78 is 0. The predicted octanol–water partition coefficient (Wildman–Crippen LogP) is 5.32. The topological polar surface area (TPSA) is 25.8 Å². The molecule has 110 valence electrons. The lowest BCUT2D eigenvalue weighted by Crippen LogP contribution is -1.91. The molecule has 0 saturated heterocycles. The number of benzene rings is 1. The minimum absolute atomic E-state index is 0.805. The third-order valence-corrected chi connectivity index (χ3v) is 2.73. The highest BCUT2D eigenvalue weighted by Crippen LogP contribution is 2.15. The van der Waals surface area contributed by atoms with Crippen LogP contribution in [-0.2, 0) is 12.8 Å². The van der Waals surface area contributed by atoms with Gasteiger partial charge in [0.1, 0.15) is 0 Å². The quantitative estimate of drug-likeness (QED) is 0.755. The van der Waals surface area contributed by atoms with E-state index in [1.165, 1.54) is 11.1 Å². The second-order valence-corrected chi connectivity index (χ2v) is 3.82. The van der Waals surface area contributed by atoms with E-state index in [0.29, 0.717) is 0 Å². The molecule has 0 radical (unpaired) electrons. The van der Waals surface area contributed by atoms with Crippen molar-refractivity contribution < 1.29 is 0 Å². The summed E-state index contributed by atoms with van der Waals surface area (Å²) in [7, 11) is 0. The van der Waals surface area contributed by atoms with Crippen LogP contribution < -0.4 is 0 Å². The van der Waals surface area contributed by atoms with Gasteiger partial charge in [-0.05, 0) is 24.0 Å². The van der Waals surface area contributed by atoms with Crippen LogP contribution in [0.4, 0.5) is 0 Å². The first kappa shape index (κ1) is 18.3. The lowest BCUT2D eigenvalue weighted by Gasteiger charge is -2.02. The van der Waals surface area contributed by atoms with Gasteiger partial charge >= 0.3 is 0 Å². The summed E-state index contributed by atoms with van der Waals surface area (Å²) in [5.74, 6) is 0.805. The van der Waals surface area contributed by atoms with Gasteiger partial charge in [0.2, 0.25) is 0 Å². The maximum Gasteiger partial charge on any atom is 0.159 e. The van der Waals surface area contributed by atoms with Crippen LogP contribution in [0.15, 0.2) is 36.7 Å². The Morgan fingerprint density at radius 1 is 0.700 bits per heavy atom. The molecule has 1 aromatic heterocycles. The van der Waals surface area contributed by atoms with Gasteiger partial charge in [0.25, 0.3) is 0 Å². The van der Waals surface area contributed by atoms with Crippen molar-refractivity contribution in [3.63, 3.8) is 0 Å². The molecule has 2 heteroatoms. The van der Waals surface area contributed by atoms with Crippen LogP contribution in [0.2, 0.25) is 0 Å². The summed E-state index contributed by atoms with van der Waals surface area (Å²) in [4.78, 5) is 8.73. The third kappa shape index (κ3) is 5.52. The van der Waals surface area contributed by atoms with Gasteiger partial charge < -0.3 is 0 Å². The molecule has 20 heavy (non-hydrogen) atoms. The van der Waals surface area contributed by atoms with E-state index in [1.807, 2.05) is 40.1 Å². The highest BCUT2D eigenvalue weighted by atomic mass is 14.9. The fourth-order valence-electron chi connectivity index (χ4n) is 1.58. The highest BCUT2D eigenvalue weighted by Gasteiger charge is 2.00. The predicted molar refractivity (Wildman–Crippen MR) is 88.9 cm³/mol. The van der Waals surface area contributed by atoms with Gasteiger partial charge in [-0.25, -0.2) is 9.97 Å². The van der Waals surface area contributed by atoms with Gasteiger partial charge in [-0.3, -0.25) is 0 Å². The molecule has 0 atom stereocenters. The first-order valence-corrected chi connectivity index (χ1v) is 7.73. The van der Waals surface area contributed by atoms with Crippen molar-refractivity contribution in [2.75, 3.05) is 0 Å². The average molecular weight is 272 g/mol. The fraction of sp³-hybridized carbons (Fsp3) is 0.444. The van der Waals surface area contributed by atoms with Crippen LogP contribution in [0.1, 0.15) is 52.7 Å². The Labute approximate surface area is 124 Å². The van der Waals surface area contributed by atoms with Crippen LogP contribution in [0, 0.1) is 0 Å². The Bertz CT molecular complexity index is 398. The van der Waals surface area contributed by atoms with E-state index in [-0.39, 0.29) is 0 Å². The number of hydrogen-bond donors (Lipinski definition) is 0. The molecule has 1 aromatic carbocycles. The van der Waals surface area contributed by atoms with Crippen molar-refractivity contribution in [3.8, 4) is 11.4 Å². The van der Waals surface area contributed by atoms with Crippen LogP contribution in [0.3, 0.4) is 0 Å². The monoisotopic (exact) mass is 272 g/mol. The van der Waals surface area contributed by atoms with E-state index in [9.17, 15) is 0 Å². The Hall–Kier alpha value is -1.70. The summed E-state index contributed by atoms with van der Waals surface area (Å²) in [5, 5.41) is 0. The van der Waals surface area contributed by atoms with Crippen LogP contribution in [0.5, 0.6) is 0 Å². The van der Waals surface area contributed by atoms with Crippen LogP contribution >= 0.6 is 0 Å². The van der Waals surface area contributed by atoms with E-state index in [4.69, 9.17) is 0 Å². The van der Waals surface area contributed by atoms with Crippen molar-refractivity contribution in [2.45, 2.75) is 54.4 Å². The summed E-state index contributed by atoms with van der Waals surface area (Å²) in [6.45, 7) is 12.3. The molecule has 0 aliphatic rings. The molecule has 2 nitrogen and oxygen atoms in total. The van der Waals surface area contributed by atoms with Crippen molar-refractivity contribution in [3.05, 3.63) is 47.8 Å². The summed E-state index contributed by atoms with van der Waals surface area (Å²) >= 11 is 0. The van der Waals surface area contributed by atoms with Gasteiger partial charge in [-0.15, -0.1) is 0 Å². The van der Waals surface area contributed by atoms with E-state index in [1.54, 1.807) is 0 Å². The van der Waals surface area contributed by atoms with Crippen LogP contribution in [-0.4, -0.2) is 9.97 Å². The van der Waals surface area contributed by atoms with Gasteiger partial charge in [0, 0.05) is 18.0 Å². The molecule has 0 bridgehead atoms. The maximum atomic E-state index is 4.36. The van der Waals surface area contributed by atoms with Crippen molar-refractivity contribution in [1.82, 2.24) is 9.97 Å². The van der Waals surface area contributed by atoms with E-state index < -0.39 is 0 Å². The maximum absolute atomic E-state index is 4.36. The Kier molecular flexibility index (Phi) is 10.2. The van der Waals surface area contributed by atoms with Crippen LogP contribution in [0.25, 0.3) is 11.4 Å². The van der Waals surface area contributed by atoms with Gasteiger partial charge in [0.15, 0.2) is 5.82 Å². The summed E-state index contributed by atoms with van der Waals surface area (Å²) in [6.07, 6.45) is 5.84. The normalized spacial score (nSPS) is 8.90. The number of hydrogen-bond acceptors (Lipinski definition) is 2. The Balaban J connectivity index is 0.000000829. The van der Waals surface area contributed by atoms with Crippen molar-refractivity contribution in [2.24, 2.45) is 0 Å². The zero-order valence-corrected chi connectivity index (χ0v) is 13.8. The van der Waals surface area contributed by atoms with Gasteiger partial charge in [-0.2, -0.15) is 0 Å². The zero-order valence-electron chi connectivity index (χ0n) is 13.8. The molecule has 2 aromatic rings. The number of aromatic nitrogens is 2. The standard InChI is InChI=1S/C14H16N2.2C2H6/c1-3-11-5-7-13(8-6-11)14-15-9-12(4-2)10-16-14;2*1-2/h5-10H,3-4H2,1-2H3;2*1-2H3. The third-order valence-electron chi connectivity index (χ3n) is 2.73. The molecular formula is C18H28N2. The fourth-order valence-corrected chi connectivity index (χ4v) is 1.58. The number of nitrogens with zero attached hydrogens (tertiary/aromatic N) is 2. The SMILES string of the molecule is CC.CC.CCc1ccc(-c2ncc(CC)cn2)cc1. The highest BCUT2D eigenvalue weighted by molar-refractivity contribution is 5.55. The van der Waals surface area contributed by atoms with E-state index in [2.05, 4.69) is 48.1 Å². The first-order chi connectivity index (χ1) is 9.83. The molecule has 1 heterocycles. The molecule has 0 amide bonds. The number of rotatable bonds is 3. The van der Waals surface area contributed by atoms with Crippen molar-refractivity contribution >= 4 is 0 Å². The summed E-state index contributed by atoms with van der Waals surface area (Å²) in [6, 6.07) is 8.43. The van der Waals surface area contributed by atoms with Gasteiger partial charge in [0.05, 0.1) is 0 Å². The molecule has 0 aliphatic heterocycles. The van der Waals surface area contributed by atoms with E-state index in [0.717, 1.165) is 24.2 Å². The van der Waals surface area contributed by atoms with Gasteiger partial charge in [-0.1, -0.05) is 65.8 Å². The molecule has 0 fully saturated rings. The minimum atomic E-state index is 0.805. The zero-order chi connectivity index (χ0) is 15.4. The lowest BCUT2D eigenvalue weighted by atomic mass is 10.1. The molecule has 0 N–H and O–H groups in total. The molecule has 2 rings (SSSR count). The minimum Gasteiger partial charge on any atom is -0.236 e. The molecule has 0 unspecified atom stereocenters. The molecule has 0 saturated carbocycles. The Morgan fingerprint density at radius 2 is 1.15 bits per heavy atom. The smallest absolute Gasteiger partial charge is 0.159 e. The van der Waals surface area contributed by atoms with E-state index >= 15 is 0 Å². The summed E-state index contributed by atoms with van der Waals surface area (Å²) in [5.41, 5.74) is 3.60. The van der Waals surface area contributed by atoms with Crippen molar-refractivity contribution in [1.29, 1.82) is 0 Å². The second kappa shape index (κ2) is 11.2. The number of aryl methyl sites for hydroxylation is 2. The average Bonchev–Trinajstić information content (AvgIpc) is 2.59. The molecule has 0 aliphatic carbocycles.